The topological polar surface area (TPSA) is 63.4 Å². The summed E-state index contributed by atoms with van der Waals surface area (Å²) in [6.45, 7) is 3.13. The summed E-state index contributed by atoms with van der Waals surface area (Å²) in [5.41, 5.74) is 6.29. The van der Waals surface area contributed by atoms with E-state index in [1.54, 1.807) is 13.0 Å². The van der Waals surface area contributed by atoms with Crippen LogP contribution in [0, 0.1) is 18.7 Å². The normalized spacial score (nSPS) is 17.8. The van der Waals surface area contributed by atoms with Crippen molar-refractivity contribution in [3.05, 3.63) is 29.6 Å². The summed E-state index contributed by atoms with van der Waals surface area (Å²) in [5.74, 6) is -0.310. The number of hydrogen-bond acceptors (Lipinski definition) is 3. The van der Waals surface area contributed by atoms with Gasteiger partial charge in [-0.3, -0.25) is 0 Å². The van der Waals surface area contributed by atoms with Crippen LogP contribution in [0.3, 0.4) is 0 Å². The van der Waals surface area contributed by atoms with Gasteiger partial charge in [0.25, 0.3) is 0 Å². The number of aryl methyl sites for hydroxylation is 1. The van der Waals surface area contributed by atoms with Gasteiger partial charge in [-0.15, -0.1) is 12.4 Å². The molecule has 7 heteroatoms. The Balaban J connectivity index is 0.00000200. The van der Waals surface area contributed by atoms with Crippen molar-refractivity contribution >= 4 is 22.4 Å². The molecule has 1 heterocycles. The van der Waals surface area contributed by atoms with Crippen molar-refractivity contribution in [2.45, 2.75) is 24.7 Å². The molecule has 1 aromatic rings. The fraction of sp³-hybridized carbons (Fsp3) is 0.538. The van der Waals surface area contributed by atoms with Gasteiger partial charge < -0.3 is 5.73 Å². The van der Waals surface area contributed by atoms with Gasteiger partial charge in [-0.05, 0) is 49.9 Å². The highest BCUT2D eigenvalue weighted by atomic mass is 35.5. The van der Waals surface area contributed by atoms with Gasteiger partial charge in [0, 0.05) is 13.1 Å². The second-order valence-electron chi connectivity index (χ2n) is 5.02. The molecule has 114 valence electrons. The van der Waals surface area contributed by atoms with Gasteiger partial charge in [0.2, 0.25) is 10.0 Å². The highest BCUT2D eigenvalue weighted by molar-refractivity contribution is 7.89. The highest BCUT2D eigenvalue weighted by Gasteiger charge is 2.30. The zero-order chi connectivity index (χ0) is 14.0. The molecule has 0 bridgehead atoms. The Morgan fingerprint density at radius 3 is 2.45 bits per heavy atom. The maximum absolute atomic E-state index is 13.8. The maximum atomic E-state index is 13.8. The second kappa shape index (κ2) is 6.85. The maximum Gasteiger partial charge on any atom is 0.245 e. The van der Waals surface area contributed by atoms with E-state index < -0.39 is 15.8 Å². The molecule has 20 heavy (non-hydrogen) atoms. The van der Waals surface area contributed by atoms with E-state index in [1.807, 2.05) is 0 Å². The first-order valence-corrected chi connectivity index (χ1v) is 7.85. The van der Waals surface area contributed by atoms with E-state index in [1.165, 1.54) is 16.4 Å². The van der Waals surface area contributed by atoms with Crippen LogP contribution in [-0.4, -0.2) is 32.4 Å². The molecule has 4 nitrogen and oxygen atoms in total. The van der Waals surface area contributed by atoms with Crippen LogP contribution in [0.25, 0.3) is 0 Å². The van der Waals surface area contributed by atoms with Gasteiger partial charge >= 0.3 is 0 Å². The zero-order valence-corrected chi connectivity index (χ0v) is 13.0. The third-order valence-electron chi connectivity index (χ3n) is 3.61. The van der Waals surface area contributed by atoms with E-state index >= 15 is 0 Å². The smallest absolute Gasteiger partial charge is 0.245 e. The number of halogens is 2. The van der Waals surface area contributed by atoms with Crippen molar-refractivity contribution in [3.8, 4) is 0 Å². The van der Waals surface area contributed by atoms with Crippen molar-refractivity contribution in [1.82, 2.24) is 4.31 Å². The molecule has 0 unspecified atom stereocenters. The first-order chi connectivity index (χ1) is 8.95. The monoisotopic (exact) mass is 322 g/mol. The minimum atomic E-state index is -3.72. The average molecular weight is 323 g/mol. The molecule has 0 saturated carbocycles. The predicted octanol–water partition coefficient (Wildman–Crippen LogP) is 1.92. The number of sulfonamides is 1. The first kappa shape index (κ1) is 17.4. The number of nitrogens with two attached hydrogens (primary N) is 1. The fourth-order valence-corrected chi connectivity index (χ4v) is 3.85. The quantitative estimate of drug-likeness (QED) is 0.924. The Morgan fingerprint density at radius 2 is 1.95 bits per heavy atom. The third kappa shape index (κ3) is 3.49. The van der Waals surface area contributed by atoms with Crippen molar-refractivity contribution in [2.75, 3.05) is 19.6 Å². The fourth-order valence-electron chi connectivity index (χ4n) is 2.34. The van der Waals surface area contributed by atoms with Crippen molar-refractivity contribution in [2.24, 2.45) is 11.7 Å². The summed E-state index contributed by atoms with van der Waals surface area (Å²) >= 11 is 0. The molecule has 1 aliphatic rings. The van der Waals surface area contributed by atoms with E-state index in [0.29, 0.717) is 31.1 Å². The number of rotatable bonds is 3. The molecule has 1 aromatic carbocycles. The molecular weight excluding hydrogens is 303 g/mol. The van der Waals surface area contributed by atoms with E-state index in [2.05, 4.69) is 0 Å². The SMILES string of the molecule is Cc1ccc(S(=O)(=O)N2CCC(CN)CC2)c(F)c1.Cl. The average Bonchev–Trinajstić information content (AvgIpc) is 2.38. The molecule has 0 amide bonds. The van der Waals surface area contributed by atoms with Crippen molar-refractivity contribution < 1.29 is 12.8 Å². The third-order valence-corrected chi connectivity index (χ3v) is 5.54. The van der Waals surface area contributed by atoms with Crippen LogP contribution in [-0.2, 0) is 10.0 Å². The van der Waals surface area contributed by atoms with Gasteiger partial charge in [0.05, 0.1) is 0 Å². The van der Waals surface area contributed by atoms with Crippen LogP contribution >= 0.6 is 12.4 Å². The highest BCUT2D eigenvalue weighted by Crippen LogP contribution is 2.25. The summed E-state index contributed by atoms with van der Waals surface area (Å²) < 4.78 is 39.9. The Morgan fingerprint density at radius 1 is 1.35 bits per heavy atom. The predicted molar refractivity (Wildman–Crippen MR) is 78.9 cm³/mol. The molecule has 0 aliphatic carbocycles. The van der Waals surface area contributed by atoms with Gasteiger partial charge in [-0.2, -0.15) is 4.31 Å². The van der Waals surface area contributed by atoms with Gasteiger partial charge in [-0.25, -0.2) is 12.8 Å². The van der Waals surface area contributed by atoms with Crippen LogP contribution in [0.2, 0.25) is 0 Å². The lowest BCUT2D eigenvalue weighted by Crippen LogP contribution is -2.40. The Bertz CT molecular complexity index is 557. The van der Waals surface area contributed by atoms with Crippen molar-refractivity contribution in [3.63, 3.8) is 0 Å². The van der Waals surface area contributed by atoms with Gasteiger partial charge in [0.1, 0.15) is 10.7 Å². The molecule has 2 N–H and O–H groups in total. The van der Waals surface area contributed by atoms with Crippen LogP contribution in [0.4, 0.5) is 4.39 Å². The summed E-state index contributed by atoms with van der Waals surface area (Å²) in [6, 6.07) is 4.21. The Kier molecular flexibility index (Phi) is 5.94. The Labute approximate surface area is 125 Å². The lowest BCUT2D eigenvalue weighted by molar-refractivity contribution is 0.278. The zero-order valence-electron chi connectivity index (χ0n) is 11.4. The summed E-state index contributed by atoms with van der Waals surface area (Å²) in [6.07, 6.45) is 1.48. The summed E-state index contributed by atoms with van der Waals surface area (Å²) in [4.78, 5) is -0.232. The van der Waals surface area contributed by atoms with Crippen LogP contribution in [0.1, 0.15) is 18.4 Å². The molecule has 1 saturated heterocycles. The molecule has 1 fully saturated rings. The number of piperidine rings is 1. The van der Waals surface area contributed by atoms with E-state index in [9.17, 15) is 12.8 Å². The largest absolute Gasteiger partial charge is 0.330 e. The molecule has 2 rings (SSSR count). The number of nitrogens with zero attached hydrogens (tertiary/aromatic N) is 1. The van der Waals surface area contributed by atoms with Crippen molar-refractivity contribution in [1.29, 1.82) is 0 Å². The van der Waals surface area contributed by atoms with E-state index in [-0.39, 0.29) is 17.3 Å². The van der Waals surface area contributed by atoms with E-state index in [0.717, 1.165) is 12.8 Å². The Hall–Kier alpha value is -0.690. The van der Waals surface area contributed by atoms with Crippen LogP contribution in [0.5, 0.6) is 0 Å². The molecule has 0 atom stereocenters. The minimum Gasteiger partial charge on any atom is -0.330 e. The lowest BCUT2D eigenvalue weighted by atomic mass is 9.99. The standard InChI is InChI=1S/C13H19FN2O2S.ClH/c1-10-2-3-13(12(14)8-10)19(17,18)16-6-4-11(9-15)5-7-16;/h2-3,8,11H,4-7,9,15H2,1H3;1H. The molecule has 0 aromatic heterocycles. The number of benzene rings is 1. The van der Waals surface area contributed by atoms with E-state index in [4.69, 9.17) is 5.73 Å². The molecule has 0 radical (unpaired) electrons. The van der Waals surface area contributed by atoms with Gasteiger partial charge in [0.15, 0.2) is 0 Å². The molecule has 1 aliphatic heterocycles. The molecule has 0 spiro atoms. The molecular formula is C13H20ClFN2O2S. The van der Waals surface area contributed by atoms with Crippen LogP contribution in [0.15, 0.2) is 23.1 Å². The second-order valence-corrected chi connectivity index (χ2v) is 6.92. The number of hydrogen-bond donors (Lipinski definition) is 1. The summed E-state index contributed by atoms with van der Waals surface area (Å²) in [5, 5.41) is 0. The minimum absolute atomic E-state index is 0. The van der Waals surface area contributed by atoms with Gasteiger partial charge in [-0.1, -0.05) is 6.07 Å². The van der Waals surface area contributed by atoms with Crippen LogP contribution < -0.4 is 5.73 Å². The lowest BCUT2D eigenvalue weighted by Gasteiger charge is -2.30. The summed E-state index contributed by atoms with van der Waals surface area (Å²) in [7, 11) is -3.72. The first-order valence-electron chi connectivity index (χ1n) is 6.41.